The molecule has 1 aromatic heterocycles. The molecule has 21 heavy (non-hydrogen) atoms. The monoisotopic (exact) mass is 315 g/mol. The Hall–Kier alpha value is -2.00. The zero-order valence-corrected chi connectivity index (χ0v) is 13.0. The number of urea groups is 1. The Labute approximate surface area is 123 Å². The minimum absolute atomic E-state index is 0.0661. The number of nitrogens with zero attached hydrogens (tertiary/aromatic N) is 2. The molecule has 3 amide bonds. The molecule has 0 aliphatic rings. The number of aryl methyl sites for hydroxylation is 1. The maximum atomic E-state index is 11.7. The lowest BCUT2D eigenvalue weighted by atomic mass is 10.1. The molecule has 0 bridgehead atoms. The Morgan fingerprint density at radius 3 is 2.24 bits per heavy atom. The van der Waals surface area contributed by atoms with Crippen LogP contribution < -0.4 is 16.0 Å². The smallest absolute Gasteiger partial charge is 0.370 e. The normalized spacial score (nSPS) is 12.1. The molecule has 1 heterocycles. The fraction of sp³-hybridized carbons (Fsp3) is 0.417. The summed E-state index contributed by atoms with van der Waals surface area (Å²) in [5, 5.41) is -0.174. The Morgan fingerprint density at radius 2 is 1.81 bits per heavy atom. The highest BCUT2D eigenvalue weighted by molar-refractivity contribution is 7.90. The molecule has 9 heteroatoms. The van der Waals surface area contributed by atoms with Gasteiger partial charge in [0.2, 0.25) is 11.7 Å². The van der Waals surface area contributed by atoms with Crippen LogP contribution in [0.25, 0.3) is 0 Å². The van der Waals surface area contributed by atoms with Crippen molar-refractivity contribution in [1.29, 1.82) is 0 Å². The number of pyridine rings is 1. The van der Waals surface area contributed by atoms with Crippen LogP contribution in [0.2, 0.25) is 0 Å². The first kappa shape index (κ1) is 17.1. The van der Waals surface area contributed by atoms with E-state index in [4.69, 9.17) is 11.5 Å². The summed E-state index contributed by atoms with van der Waals surface area (Å²) >= 11 is 0. The second kappa shape index (κ2) is 5.78. The second-order valence-corrected chi connectivity index (χ2v) is 7.16. The molecule has 0 saturated heterocycles. The van der Waals surface area contributed by atoms with E-state index >= 15 is 0 Å². The number of carbonyl (C=O) groups excluding carboxylic acids is 2. The van der Waals surface area contributed by atoms with Crippen molar-refractivity contribution in [2.24, 2.45) is 11.5 Å². The molecular formula is C12H19N4O4S+. The highest BCUT2D eigenvalue weighted by Crippen LogP contribution is 2.22. The second-order valence-electron chi connectivity index (χ2n) is 5.20. The van der Waals surface area contributed by atoms with Gasteiger partial charge < -0.3 is 11.5 Å². The van der Waals surface area contributed by atoms with Crippen LogP contribution >= 0.6 is 0 Å². The number of rotatable bonds is 5. The van der Waals surface area contributed by atoms with Crippen molar-refractivity contribution >= 4 is 27.6 Å². The molecule has 0 saturated carbocycles. The van der Waals surface area contributed by atoms with Gasteiger partial charge in [-0.15, -0.1) is 0 Å². The molecule has 0 radical (unpaired) electrons. The van der Waals surface area contributed by atoms with Crippen molar-refractivity contribution in [2.45, 2.75) is 17.9 Å². The summed E-state index contributed by atoms with van der Waals surface area (Å²) in [5.74, 6) is -0.317. The van der Waals surface area contributed by atoms with Gasteiger partial charge in [0, 0.05) is 18.7 Å². The SMILES string of the molecule is C[N+](C)(C(N)=O)c1cc(CCC(N)=O)cc(S(C)(=O)=O)n1. The number of carbonyl (C=O) groups is 2. The number of hydrogen-bond acceptors (Lipinski definition) is 5. The lowest BCUT2D eigenvalue weighted by Crippen LogP contribution is -2.50. The van der Waals surface area contributed by atoms with Gasteiger partial charge in [-0.05, 0) is 18.1 Å². The summed E-state index contributed by atoms with van der Waals surface area (Å²) in [6, 6.07) is 2.22. The van der Waals surface area contributed by atoms with Gasteiger partial charge in [0.1, 0.15) is 0 Å². The van der Waals surface area contributed by atoms with Gasteiger partial charge in [-0.25, -0.2) is 13.2 Å². The van der Waals surface area contributed by atoms with E-state index in [0.29, 0.717) is 5.56 Å². The molecule has 1 rings (SSSR count). The van der Waals surface area contributed by atoms with Gasteiger partial charge in [-0.1, -0.05) is 0 Å². The van der Waals surface area contributed by atoms with E-state index in [1.807, 2.05) is 0 Å². The van der Waals surface area contributed by atoms with E-state index in [2.05, 4.69) is 4.98 Å². The highest BCUT2D eigenvalue weighted by atomic mass is 32.2. The fourth-order valence-electron chi connectivity index (χ4n) is 1.54. The third kappa shape index (κ3) is 4.23. The number of aromatic nitrogens is 1. The predicted molar refractivity (Wildman–Crippen MR) is 78.1 cm³/mol. The van der Waals surface area contributed by atoms with E-state index in [0.717, 1.165) is 6.26 Å². The summed E-state index contributed by atoms with van der Waals surface area (Å²) in [7, 11) is -0.573. The maximum Gasteiger partial charge on any atom is 0.419 e. The quantitative estimate of drug-likeness (QED) is 0.710. The first-order chi connectivity index (χ1) is 9.44. The summed E-state index contributed by atoms with van der Waals surface area (Å²) < 4.78 is 23.0. The standard InChI is InChI=1S/C12H18N4O4S/c1-16(2,12(14)18)10-6-8(4-5-9(13)17)7-11(15-10)21(3,19)20/h6-7H,4-5H2,1-3H3,(H3-,13,14,17,18)/p+1. The van der Waals surface area contributed by atoms with Crippen LogP contribution in [-0.4, -0.2) is 45.7 Å². The zero-order chi connectivity index (χ0) is 16.4. The van der Waals surface area contributed by atoms with Gasteiger partial charge in [0.15, 0.2) is 14.9 Å². The number of primary amides is 2. The van der Waals surface area contributed by atoms with E-state index in [1.165, 1.54) is 20.2 Å². The summed E-state index contributed by atoms with van der Waals surface area (Å²) in [5.41, 5.74) is 10.9. The van der Waals surface area contributed by atoms with Crippen molar-refractivity contribution < 1.29 is 18.0 Å². The lowest BCUT2D eigenvalue weighted by molar-refractivity contribution is -0.117. The molecule has 1 aromatic rings. The Morgan fingerprint density at radius 1 is 1.24 bits per heavy atom. The van der Waals surface area contributed by atoms with Crippen molar-refractivity contribution in [2.75, 3.05) is 20.4 Å². The summed E-state index contributed by atoms with van der Waals surface area (Å²) in [6.45, 7) is 0. The number of nitrogens with two attached hydrogens (primary N) is 2. The van der Waals surface area contributed by atoms with Crippen LogP contribution in [0.3, 0.4) is 0 Å². The van der Waals surface area contributed by atoms with E-state index < -0.39 is 26.3 Å². The van der Waals surface area contributed by atoms with E-state index in [1.54, 1.807) is 6.07 Å². The van der Waals surface area contributed by atoms with Gasteiger partial charge in [0.05, 0.1) is 14.1 Å². The third-order valence-corrected chi connectivity index (χ3v) is 3.98. The van der Waals surface area contributed by atoms with Gasteiger partial charge in [-0.2, -0.15) is 9.47 Å². The maximum absolute atomic E-state index is 11.7. The van der Waals surface area contributed by atoms with Crippen molar-refractivity contribution in [3.8, 4) is 0 Å². The van der Waals surface area contributed by atoms with Gasteiger partial charge in [-0.3, -0.25) is 4.79 Å². The molecule has 8 nitrogen and oxygen atoms in total. The molecular weight excluding hydrogens is 296 g/mol. The Kier molecular flexibility index (Phi) is 4.69. The van der Waals surface area contributed by atoms with Crippen LogP contribution in [0, 0.1) is 0 Å². The molecule has 0 atom stereocenters. The molecule has 0 spiro atoms. The minimum Gasteiger partial charge on any atom is -0.370 e. The van der Waals surface area contributed by atoms with Crippen LogP contribution in [-0.2, 0) is 21.1 Å². The fourth-order valence-corrected chi connectivity index (χ4v) is 2.17. The highest BCUT2D eigenvalue weighted by Gasteiger charge is 2.30. The van der Waals surface area contributed by atoms with Crippen molar-refractivity contribution in [3.05, 3.63) is 17.7 Å². The van der Waals surface area contributed by atoms with Crippen molar-refractivity contribution in [3.63, 3.8) is 0 Å². The predicted octanol–water partition coefficient (Wildman–Crippen LogP) is -0.451. The molecule has 116 valence electrons. The number of quaternary nitrogens is 1. The largest absolute Gasteiger partial charge is 0.419 e. The molecule has 4 N–H and O–H groups in total. The van der Waals surface area contributed by atoms with Crippen LogP contribution in [0.15, 0.2) is 17.2 Å². The van der Waals surface area contributed by atoms with E-state index in [-0.39, 0.29) is 23.7 Å². The topological polar surface area (TPSA) is 133 Å². The number of sulfone groups is 1. The van der Waals surface area contributed by atoms with Crippen LogP contribution in [0.1, 0.15) is 12.0 Å². The third-order valence-electron chi connectivity index (χ3n) is 3.01. The zero-order valence-electron chi connectivity index (χ0n) is 12.2. The van der Waals surface area contributed by atoms with Gasteiger partial charge >= 0.3 is 6.03 Å². The van der Waals surface area contributed by atoms with E-state index in [9.17, 15) is 18.0 Å². The Balaban J connectivity index is 3.41. The number of amides is 3. The number of hydrogen-bond donors (Lipinski definition) is 2. The molecule has 0 fully saturated rings. The molecule has 0 unspecified atom stereocenters. The first-order valence-electron chi connectivity index (χ1n) is 6.08. The van der Waals surface area contributed by atoms with Gasteiger partial charge in [0.25, 0.3) is 0 Å². The Bertz CT molecular complexity index is 682. The molecule has 0 aliphatic carbocycles. The molecule has 0 aliphatic heterocycles. The summed E-state index contributed by atoms with van der Waals surface area (Å²) in [4.78, 5) is 26.3. The minimum atomic E-state index is -3.56. The average molecular weight is 315 g/mol. The van der Waals surface area contributed by atoms with Crippen molar-refractivity contribution in [1.82, 2.24) is 9.47 Å². The molecule has 0 aromatic carbocycles. The summed E-state index contributed by atoms with van der Waals surface area (Å²) in [6.07, 6.45) is 1.34. The average Bonchev–Trinajstić information content (AvgIpc) is 2.34. The van der Waals surface area contributed by atoms with Crippen LogP contribution in [0.5, 0.6) is 0 Å². The first-order valence-corrected chi connectivity index (χ1v) is 7.97. The lowest BCUT2D eigenvalue weighted by Gasteiger charge is -2.23. The van der Waals surface area contributed by atoms with Crippen LogP contribution in [0.4, 0.5) is 10.6 Å².